The van der Waals surface area contributed by atoms with Gasteiger partial charge in [-0.2, -0.15) is 0 Å². The lowest BCUT2D eigenvalue weighted by Crippen LogP contribution is -2.28. The summed E-state index contributed by atoms with van der Waals surface area (Å²) in [6.45, 7) is 7.50. The second-order valence-corrected chi connectivity index (χ2v) is 8.16. The molecule has 1 amide bonds. The van der Waals surface area contributed by atoms with Crippen LogP contribution in [0, 0.1) is 13.8 Å². The van der Waals surface area contributed by atoms with Crippen molar-refractivity contribution < 1.29 is 9.53 Å². The number of aryl methyl sites for hydroxylation is 2. The van der Waals surface area contributed by atoms with Gasteiger partial charge in [-0.15, -0.1) is 10.2 Å². The number of amides is 1. The zero-order valence-corrected chi connectivity index (χ0v) is 19.0. The normalized spacial score (nSPS) is 10.8. The highest BCUT2D eigenvalue weighted by molar-refractivity contribution is 7.99. The number of benzene rings is 2. The van der Waals surface area contributed by atoms with Crippen molar-refractivity contribution in [1.82, 2.24) is 19.7 Å². The molecule has 0 fully saturated rings. The molecule has 0 unspecified atom stereocenters. The van der Waals surface area contributed by atoms with Crippen LogP contribution in [-0.2, 0) is 17.9 Å². The van der Waals surface area contributed by atoms with Gasteiger partial charge in [0, 0.05) is 20.1 Å². The predicted octanol–water partition coefficient (Wildman–Crippen LogP) is 4.34. The average molecular weight is 425 g/mol. The van der Waals surface area contributed by atoms with Gasteiger partial charge < -0.3 is 14.2 Å². The highest BCUT2D eigenvalue weighted by atomic mass is 32.2. The van der Waals surface area contributed by atoms with Crippen LogP contribution < -0.4 is 4.74 Å². The second kappa shape index (κ2) is 9.80. The van der Waals surface area contributed by atoms with Crippen molar-refractivity contribution in [1.29, 1.82) is 0 Å². The van der Waals surface area contributed by atoms with Crippen molar-refractivity contribution in [2.24, 2.45) is 0 Å². The maximum Gasteiger partial charge on any atom is 0.233 e. The van der Waals surface area contributed by atoms with Gasteiger partial charge in [-0.3, -0.25) is 4.79 Å². The fraction of sp³-hybridized carbons (Fsp3) is 0.348. The summed E-state index contributed by atoms with van der Waals surface area (Å²) in [5.74, 6) is 1.87. The van der Waals surface area contributed by atoms with E-state index in [1.807, 2.05) is 42.8 Å². The van der Waals surface area contributed by atoms with Gasteiger partial charge in [0.25, 0.3) is 0 Å². The summed E-state index contributed by atoms with van der Waals surface area (Å²) in [6.07, 6.45) is 0. The smallest absolute Gasteiger partial charge is 0.233 e. The first-order chi connectivity index (χ1) is 14.4. The summed E-state index contributed by atoms with van der Waals surface area (Å²) < 4.78 is 7.48. The lowest BCUT2D eigenvalue weighted by Gasteiger charge is -2.18. The molecular formula is C23H28N4O2S. The molecule has 0 saturated carbocycles. The van der Waals surface area contributed by atoms with Crippen LogP contribution in [0.15, 0.2) is 47.6 Å². The quantitative estimate of drug-likeness (QED) is 0.504. The Hall–Kier alpha value is -2.80. The monoisotopic (exact) mass is 424 g/mol. The van der Waals surface area contributed by atoms with Crippen LogP contribution in [0.5, 0.6) is 5.75 Å². The molecule has 0 N–H and O–H groups in total. The van der Waals surface area contributed by atoms with E-state index in [0.29, 0.717) is 18.8 Å². The summed E-state index contributed by atoms with van der Waals surface area (Å²) in [4.78, 5) is 14.5. The molecule has 6 nitrogen and oxygen atoms in total. The molecule has 1 heterocycles. The Morgan fingerprint density at radius 3 is 2.63 bits per heavy atom. The fourth-order valence-electron chi connectivity index (χ4n) is 3.31. The number of para-hydroxylation sites is 1. The van der Waals surface area contributed by atoms with Crippen molar-refractivity contribution in [3.63, 3.8) is 0 Å². The fourth-order valence-corrected chi connectivity index (χ4v) is 4.26. The Labute approximate surface area is 182 Å². The van der Waals surface area contributed by atoms with Gasteiger partial charge in [0.1, 0.15) is 5.75 Å². The molecule has 0 spiro atoms. The molecule has 0 bridgehead atoms. The lowest BCUT2D eigenvalue weighted by molar-refractivity contribution is -0.127. The van der Waals surface area contributed by atoms with Crippen molar-refractivity contribution >= 4 is 17.7 Å². The molecular weight excluding hydrogens is 396 g/mol. The second-order valence-electron chi connectivity index (χ2n) is 7.22. The predicted molar refractivity (Wildman–Crippen MR) is 121 cm³/mol. The number of thioether (sulfide) groups is 1. The largest absolute Gasteiger partial charge is 0.496 e. The van der Waals surface area contributed by atoms with E-state index >= 15 is 0 Å². The number of nitrogens with zero attached hydrogens (tertiary/aromatic N) is 4. The third kappa shape index (κ3) is 4.84. The van der Waals surface area contributed by atoms with Crippen LogP contribution in [-0.4, -0.2) is 45.5 Å². The number of methoxy groups -OCH3 is 1. The first-order valence-electron chi connectivity index (χ1n) is 9.94. The first-order valence-corrected chi connectivity index (χ1v) is 10.9. The SMILES string of the molecule is CCn1c(SCC(=O)N(C)Cc2ccc(C)cc2C)nnc1-c1ccccc1OC. The topological polar surface area (TPSA) is 60.2 Å². The summed E-state index contributed by atoms with van der Waals surface area (Å²) >= 11 is 1.41. The third-order valence-corrected chi connectivity index (χ3v) is 5.99. The molecule has 3 rings (SSSR count). The molecule has 158 valence electrons. The van der Waals surface area contributed by atoms with E-state index in [2.05, 4.69) is 42.2 Å². The van der Waals surface area contributed by atoms with Gasteiger partial charge >= 0.3 is 0 Å². The number of aromatic nitrogens is 3. The Morgan fingerprint density at radius 2 is 1.93 bits per heavy atom. The minimum Gasteiger partial charge on any atom is -0.496 e. The van der Waals surface area contributed by atoms with Gasteiger partial charge in [0.15, 0.2) is 11.0 Å². The average Bonchev–Trinajstić information content (AvgIpc) is 3.16. The Balaban J connectivity index is 1.69. The molecule has 3 aromatic rings. The molecule has 0 aliphatic rings. The van der Waals surface area contributed by atoms with Gasteiger partial charge in [0.2, 0.25) is 5.91 Å². The number of ether oxygens (including phenoxy) is 1. The van der Waals surface area contributed by atoms with Crippen LogP contribution in [0.25, 0.3) is 11.4 Å². The summed E-state index contributed by atoms with van der Waals surface area (Å²) in [6, 6.07) is 14.1. The Morgan fingerprint density at radius 1 is 1.17 bits per heavy atom. The standard InChI is InChI=1S/C23H28N4O2S/c1-6-27-22(19-9-7-8-10-20(19)29-5)24-25-23(27)30-15-21(28)26(4)14-18-12-11-16(2)13-17(18)3/h7-13H,6,14-15H2,1-5H3. The number of carbonyl (C=O) groups excluding carboxylic acids is 1. The molecule has 7 heteroatoms. The summed E-state index contributed by atoms with van der Waals surface area (Å²) in [5, 5.41) is 9.42. The minimum absolute atomic E-state index is 0.0597. The zero-order chi connectivity index (χ0) is 21.7. The zero-order valence-electron chi connectivity index (χ0n) is 18.2. The van der Waals surface area contributed by atoms with Gasteiger partial charge in [-0.25, -0.2) is 0 Å². The van der Waals surface area contributed by atoms with Gasteiger partial charge in [-0.1, -0.05) is 47.7 Å². The number of carbonyl (C=O) groups is 1. The van der Waals surface area contributed by atoms with E-state index in [0.717, 1.165) is 27.9 Å². The number of hydrogen-bond acceptors (Lipinski definition) is 5. The van der Waals surface area contributed by atoms with Crippen molar-refractivity contribution in [3.05, 3.63) is 59.2 Å². The van der Waals surface area contributed by atoms with Crippen LogP contribution in [0.2, 0.25) is 0 Å². The molecule has 30 heavy (non-hydrogen) atoms. The van der Waals surface area contributed by atoms with E-state index in [9.17, 15) is 4.79 Å². The highest BCUT2D eigenvalue weighted by Crippen LogP contribution is 2.30. The van der Waals surface area contributed by atoms with Crippen molar-refractivity contribution in [3.8, 4) is 17.1 Å². The maximum atomic E-state index is 12.7. The van der Waals surface area contributed by atoms with E-state index < -0.39 is 0 Å². The minimum atomic E-state index is 0.0597. The van der Waals surface area contributed by atoms with Gasteiger partial charge in [-0.05, 0) is 44.0 Å². The number of rotatable bonds is 8. The summed E-state index contributed by atoms with van der Waals surface area (Å²) in [5.41, 5.74) is 4.48. The molecule has 0 aliphatic heterocycles. The molecule has 0 atom stereocenters. The Bertz CT molecular complexity index is 1030. The van der Waals surface area contributed by atoms with Crippen molar-refractivity contribution in [2.75, 3.05) is 19.9 Å². The highest BCUT2D eigenvalue weighted by Gasteiger charge is 2.18. The molecule has 0 radical (unpaired) electrons. The first kappa shape index (κ1) is 21.9. The van der Waals surface area contributed by atoms with Crippen molar-refractivity contribution in [2.45, 2.75) is 39.0 Å². The van der Waals surface area contributed by atoms with E-state index in [1.165, 1.54) is 22.9 Å². The third-order valence-electron chi connectivity index (χ3n) is 5.04. The van der Waals surface area contributed by atoms with E-state index in [-0.39, 0.29) is 5.91 Å². The van der Waals surface area contributed by atoms with Crippen LogP contribution in [0.4, 0.5) is 0 Å². The molecule has 0 saturated heterocycles. The van der Waals surface area contributed by atoms with Crippen LogP contribution in [0.3, 0.4) is 0 Å². The number of hydrogen-bond donors (Lipinski definition) is 0. The lowest BCUT2D eigenvalue weighted by atomic mass is 10.1. The molecule has 1 aromatic heterocycles. The Kier molecular flexibility index (Phi) is 7.15. The maximum absolute atomic E-state index is 12.7. The molecule has 2 aromatic carbocycles. The van der Waals surface area contributed by atoms with E-state index in [1.54, 1.807) is 12.0 Å². The van der Waals surface area contributed by atoms with Crippen LogP contribution in [0.1, 0.15) is 23.6 Å². The summed E-state index contributed by atoms with van der Waals surface area (Å²) in [7, 11) is 3.48. The van der Waals surface area contributed by atoms with Gasteiger partial charge in [0.05, 0.1) is 18.4 Å². The molecule has 0 aliphatic carbocycles. The van der Waals surface area contributed by atoms with Crippen LogP contribution >= 0.6 is 11.8 Å². The van der Waals surface area contributed by atoms with E-state index in [4.69, 9.17) is 4.74 Å².